The molecule has 0 aliphatic heterocycles. The van der Waals surface area contributed by atoms with Crippen molar-refractivity contribution in [2.75, 3.05) is 5.43 Å². The van der Waals surface area contributed by atoms with Gasteiger partial charge in [0.05, 0.1) is 0 Å². The highest BCUT2D eigenvalue weighted by Crippen LogP contribution is 2.19. The smallest absolute Gasteiger partial charge is 0.0496 e. The molecule has 0 fully saturated rings. The Morgan fingerprint density at radius 1 is 1.50 bits per heavy atom. The minimum atomic E-state index is 0.880. The number of hydrogen-bond donors (Lipinski definition) is 3. The molecule has 0 saturated carbocycles. The molecule has 2 nitrogen and oxygen atoms in total. The van der Waals surface area contributed by atoms with Crippen molar-refractivity contribution >= 4 is 40.9 Å². The summed E-state index contributed by atoms with van der Waals surface area (Å²) in [7, 11) is 0. The van der Waals surface area contributed by atoms with E-state index in [1.54, 1.807) is 0 Å². The molecule has 0 atom stereocenters. The SMILES string of the molecule is NNc1ccc(I)c(S)c1. The highest BCUT2D eigenvalue weighted by Gasteiger charge is 1.94. The van der Waals surface area contributed by atoms with E-state index in [1.807, 2.05) is 18.2 Å². The predicted molar refractivity (Wildman–Crippen MR) is 54.2 cm³/mol. The molecule has 0 saturated heterocycles. The first kappa shape index (κ1) is 8.16. The van der Waals surface area contributed by atoms with Gasteiger partial charge < -0.3 is 5.43 Å². The van der Waals surface area contributed by atoms with Crippen molar-refractivity contribution in [3.8, 4) is 0 Å². The van der Waals surface area contributed by atoms with E-state index in [0.29, 0.717) is 0 Å². The average Bonchev–Trinajstić information content (AvgIpc) is 1.95. The van der Waals surface area contributed by atoms with Gasteiger partial charge in [0.2, 0.25) is 0 Å². The number of anilines is 1. The molecule has 10 heavy (non-hydrogen) atoms. The second-order valence-corrected chi connectivity index (χ2v) is 3.45. The van der Waals surface area contributed by atoms with Gasteiger partial charge in [-0.25, -0.2) is 0 Å². The van der Waals surface area contributed by atoms with E-state index in [9.17, 15) is 0 Å². The van der Waals surface area contributed by atoms with E-state index in [0.717, 1.165) is 14.2 Å². The van der Waals surface area contributed by atoms with E-state index >= 15 is 0 Å². The average molecular weight is 266 g/mol. The molecule has 1 rings (SSSR count). The maximum Gasteiger partial charge on any atom is 0.0496 e. The van der Waals surface area contributed by atoms with Gasteiger partial charge in [-0.1, -0.05) is 0 Å². The first-order valence-electron chi connectivity index (χ1n) is 2.69. The summed E-state index contributed by atoms with van der Waals surface area (Å²) >= 11 is 6.43. The van der Waals surface area contributed by atoms with Crippen LogP contribution in [0, 0.1) is 3.57 Å². The number of thiol groups is 1. The Hall–Kier alpha value is 0.0600. The summed E-state index contributed by atoms with van der Waals surface area (Å²) in [4.78, 5) is 0.941. The van der Waals surface area contributed by atoms with E-state index in [1.165, 1.54) is 0 Å². The van der Waals surface area contributed by atoms with Gasteiger partial charge in [-0.05, 0) is 40.8 Å². The molecule has 0 amide bonds. The Morgan fingerprint density at radius 3 is 2.70 bits per heavy atom. The van der Waals surface area contributed by atoms with Crippen molar-refractivity contribution < 1.29 is 0 Å². The number of nitrogens with two attached hydrogens (primary N) is 1. The maximum atomic E-state index is 5.18. The summed E-state index contributed by atoms with van der Waals surface area (Å²) in [6, 6.07) is 5.74. The molecular weight excluding hydrogens is 259 g/mol. The van der Waals surface area contributed by atoms with Crippen LogP contribution in [0.15, 0.2) is 23.1 Å². The van der Waals surface area contributed by atoms with Gasteiger partial charge >= 0.3 is 0 Å². The van der Waals surface area contributed by atoms with Gasteiger partial charge in [-0.3, -0.25) is 5.84 Å². The highest BCUT2D eigenvalue weighted by atomic mass is 127. The van der Waals surface area contributed by atoms with Crippen LogP contribution in [0.5, 0.6) is 0 Å². The van der Waals surface area contributed by atoms with Crippen LogP contribution in [0.2, 0.25) is 0 Å². The van der Waals surface area contributed by atoms with Crippen molar-refractivity contribution in [2.24, 2.45) is 5.84 Å². The number of nitrogens with one attached hydrogen (secondary N) is 1. The van der Waals surface area contributed by atoms with E-state index in [-0.39, 0.29) is 0 Å². The van der Waals surface area contributed by atoms with Gasteiger partial charge in [-0.2, -0.15) is 0 Å². The lowest BCUT2D eigenvalue weighted by molar-refractivity contribution is 1.31. The molecule has 0 aliphatic carbocycles. The van der Waals surface area contributed by atoms with Crippen LogP contribution in [-0.2, 0) is 0 Å². The lowest BCUT2D eigenvalue weighted by Crippen LogP contribution is -2.06. The molecule has 0 heterocycles. The van der Waals surface area contributed by atoms with Crippen LogP contribution >= 0.6 is 35.2 Å². The molecule has 0 aliphatic rings. The van der Waals surface area contributed by atoms with Crippen LogP contribution in [0.1, 0.15) is 0 Å². The predicted octanol–water partition coefficient (Wildman–Crippen LogP) is 1.87. The lowest BCUT2D eigenvalue weighted by atomic mass is 10.3. The fourth-order valence-electron chi connectivity index (χ4n) is 0.602. The Kier molecular flexibility index (Phi) is 2.82. The van der Waals surface area contributed by atoms with Crippen LogP contribution in [-0.4, -0.2) is 0 Å². The first-order chi connectivity index (χ1) is 4.74. The topological polar surface area (TPSA) is 38.0 Å². The third-order valence-electron chi connectivity index (χ3n) is 1.11. The Labute approximate surface area is 78.7 Å². The van der Waals surface area contributed by atoms with Crippen molar-refractivity contribution in [1.82, 2.24) is 0 Å². The standard InChI is InChI=1S/C6H7IN2S/c7-5-2-1-4(9-8)3-6(5)10/h1-3,9-10H,8H2. The molecule has 0 bridgehead atoms. The fraction of sp³-hybridized carbons (Fsp3) is 0. The number of benzene rings is 1. The molecule has 54 valence electrons. The van der Waals surface area contributed by atoms with Crippen LogP contribution in [0.3, 0.4) is 0 Å². The molecule has 4 heteroatoms. The molecule has 3 N–H and O–H groups in total. The van der Waals surface area contributed by atoms with E-state index < -0.39 is 0 Å². The summed E-state index contributed by atoms with van der Waals surface area (Å²) in [6.07, 6.45) is 0. The Bertz CT molecular complexity index is 239. The van der Waals surface area contributed by atoms with E-state index in [2.05, 4.69) is 40.6 Å². The summed E-state index contributed by atoms with van der Waals surface area (Å²) in [6.45, 7) is 0. The number of hydrazine groups is 1. The monoisotopic (exact) mass is 266 g/mol. The second-order valence-electron chi connectivity index (χ2n) is 1.81. The van der Waals surface area contributed by atoms with Crippen molar-refractivity contribution in [3.05, 3.63) is 21.8 Å². The van der Waals surface area contributed by atoms with Crippen LogP contribution < -0.4 is 11.3 Å². The number of hydrogen-bond acceptors (Lipinski definition) is 3. The quantitative estimate of drug-likeness (QED) is 0.314. The molecule has 0 unspecified atom stereocenters. The maximum absolute atomic E-state index is 5.18. The Morgan fingerprint density at radius 2 is 2.20 bits per heavy atom. The summed E-state index contributed by atoms with van der Waals surface area (Å²) in [5.74, 6) is 5.18. The zero-order chi connectivity index (χ0) is 7.56. The van der Waals surface area contributed by atoms with Gasteiger partial charge in [0.15, 0.2) is 0 Å². The van der Waals surface area contributed by atoms with Crippen molar-refractivity contribution in [3.63, 3.8) is 0 Å². The second kappa shape index (κ2) is 3.45. The third-order valence-corrected chi connectivity index (χ3v) is 2.85. The van der Waals surface area contributed by atoms with Gasteiger partial charge in [-0.15, -0.1) is 12.6 Å². The molecule has 0 radical (unpaired) electrons. The van der Waals surface area contributed by atoms with Gasteiger partial charge in [0.25, 0.3) is 0 Å². The van der Waals surface area contributed by atoms with Gasteiger partial charge in [0.1, 0.15) is 0 Å². The molecular formula is C6H7IN2S. The lowest BCUT2D eigenvalue weighted by Gasteiger charge is -2.00. The zero-order valence-electron chi connectivity index (χ0n) is 5.13. The first-order valence-corrected chi connectivity index (χ1v) is 4.22. The van der Waals surface area contributed by atoms with Crippen LogP contribution in [0.25, 0.3) is 0 Å². The zero-order valence-corrected chi connectivity index (χ0v) is 8.19. The summed E-state index contributed by atoms with van der Waals surface area (Å²) < 4.78 is 1.12. The normalized spacial score (nSPS) is 9.50. The highest BCUT2D eigenvalue weighted by molar-refractivity contribution is 14.1. The Balaban J connectivity index is 3.04. The minimum Gasteiger partial charge on any atom is -0.324 e. The molecule has 1 aromatic carbocycles. The number of halogens is 1. The number of nitrogen functional groups attached to an aromatic ring is 1. The van der Waals surface area contributed by atoms with Crippen molar-refractivity contribution in [1.29, 1.82) is 0 Å². The molecule has 1 aromatic rings. The molecule has 0 spiro atoms. The number of rotatable bonds is 1. The largest absolute Gasteiger partial charge is 0.324 e. The summed E-state index contributed by atoms with van der Waals surface area (Å²) in [5.41, 5.74) is 3.42. The summed E-state index contributed by atoms with van der Waals surface area (Å²) in [5, 5.41) is 0. The van der Waals surface area contributed by atoms with E-state index in [4.69, 9.17) is 5.84 Å². The molecule has 0 aromatic heterocycles. The van der Waals surface area contributed by atoms with Gasteiger partial charge in [0, 0.05) is 14.2 Å². The van der Waals surface area contributed by atoms with Crippen molar-refractivity contribution in [2.45, 2.75) is 4.90 Å². The minimum absolute atomic E-state index is 0.880. The fourth-order valence-corrected chi connectivity index (χ4v) is 1.15. The third kappa shape index (κ3) is 1.77. The van der Waals surface area contributed by atoms with Crippen LogP contribution in [0.4, 0.5) is 5.69 Å².